The topological polar surface area (TPSA) is 48.2 Å². The highest BCUT2D eigenvalue weighted by molar-refractivity contribution is 6.09. The van der Waals surface area contributed by atoms with Crippen LogP contribution in [0.5, 0.6) is 0 Å². The first-order valence-electron chi connectivity index (χ1n) is 12.4. The fourth-order valence-electron chi connectivity index (χ4n) is 4.65. The molecule has 1 aromatic heterocycles. The standard InChI is InChI=1S/C28H34F2N6/c1-5-34-14-16-35(17-15-34)23-12-10-22(11-13-23)33-28(21(4)29)32-19-31-25-8-7-9-26-24(27(25)30)18-20(3)36(26)6-2/h7-13,18-19,25H,4-6,14-17H2,1-3H3,(H,31,32,33)/t25-/m0/s1. The Bertz CT molecular complexity index is 1290. The molecule has 1 aliphatic carbocycles. The van der Waals surface area contributed by atoms with Crippen LogP contribution in [0.25, 0.3) is 11.9 Å². The van der Waals surface area contributed by atoms with Gasteiger partial charge in [0, 0.05) is 55.0 Å². The minimum Gasteiger partial charge on any atom is -0.369 e. The highest BCUT2D eigenvalue weighted by Crippen LogP contribution is 2.20. The maximum absolute atomic E-state index is 15.2. The first-order chi connectivity index (χ1) is 17.4. The van der Waals surface area contributed by atoms with Crippen LogP contribution in [0.4, 0.5) is 20.2 Å². The molecule has 36 heavy (non-hydrogen) atoms. The molecule has 1 aromatic carbocycles. The highest BCUT2D eigenvalue weighted by atomic mass is 19.1. The van der Waals surface area contributed by atoms with Crippen LogP contribution in [0, 0.1) is 6.92 Å². The minimum absolute atomic E-state index is 0.0682. The summed E-state index contributed by atoms with van der Waals surface area (Å²) in [5.41, 5.74) is 2.80. The molecule has 0 bridgehead atoms. The largest absolute Gasteiger partial charge is 0.369 e. The van der Waals surface area contributed by atoms with Gasteiger partial charge in [0.1, 0.15) is 18.2 Å². The zero-order valence-corrected chi connectivity index (χ0v) is 21.2. The van der Waals surface area contributed by atoms with Crippen LogP contribution in [-0.2, 0) is 6.54 Å². The number of hydrogen-bond donors (Lipinski definition) is 1. The predicted octanol–water partition coefficient (Wildman–Crippen LogP) is 3.78. The summed E-state index contributed by atoms with van der Waals surface area (Å²) in [6.07, 6.45) is 6.51. The van der Waals surface area contributed by atoms with Crippen LogP contribution in [0.2, 0.25) is 0 Å². The Labute approximate surface area is 211 Å². The van der Waals surface area contributed by atoms with Crippen molar-refractivity contribution in [2.24, 2.45) is 9.98 Å². The number of piperazine rings is 1. The van der Waals surface area contributed by atoms with Gasteiger partial charge in [0.25, 0.3) is 0 Å². The van der Waals surface area contributed by atoms with Crippen LogP contribution < -0.4 is 20.8 Å². The molecule has 4 rings (SSSR count). The Kier molecular flexibility index (Phi) is 8.15. The molecule has 1 atom stereocenters. The summed E-state index contributed by atoms with van der Waals surface area (Å²) in [6, 6.07) is 8.78. The van der Waals surface area contributed by atoms with E-state index in [0.717, 1.165) is 56.0 Å². The lowest BCUT2D eigenvalue weighted by Crippen LogP contribution is -2.46. The lowest BCUT2D eigenvalue weighted by Gasteiger charge is -2.35. The quantitative estimate of drug-likeness (QED) is 0.473. The maximum Gasteiger partial charge on any atom is 0.167 e. The summed E-state index contributed by atoms with van der Waals surface area (Å²) in [5.74, 6) is -1.16. The average molecular weight is 493 g/mol. The van der Waals surface area contributed by atoms with Crippen molar-refractivity contribution in [1.82, 2.24) is 9.47 Å². The number of halogens is 2. The van der Waals surface area contributed by atoms with Crippen LogP contribution >= 0.6 is 0 Å². The minimum atomic E-state index is -0.833. The summed E-state index contributed by atoms with van der Waals surface area (Å²) >= 11 is 0. The van der Waals surface area contributed by atoms with Gasteiger partial charge in [0.15, 0.2) is 11.7 Å². The zero-order chi connectivity index (χ0) is 25.7. The number of aliphatic imine (C=N–C) groups is 2. The van der Waals surface area contributed by atoms with Crippen molar-refractivity contribution in [2.75, 3.05) is 42.9 Å². The second-order valence-electron chi connectivity index (χ2n) is 8.91. The number of amidine groups is 1. The molecule has 0 amide bonds. The fraction of sp³-hybridized carbons (Fsp3) is 0.357. The lowest BCUT2D eigenvalue weighted by atomic mass is 10.2. The molecule has 6 nitrogen and oxygen atoms in total. The molecule has 0 spiro atoms. The van der Waals surface area contributed by atoms with E-state index in [1.165, 1.54) is 6.34 Å². The van der Waals surface area contributed by atoms with Gasteiger partial charge in [-0.1, -0.05) is 25.7 Å². The van der Waals surface area contributed by atoms with Crippen LogP contribution in [0.15, 0.2) is 64.9 Å². The summed E-state index contributed by atoms with van der Waals surface area (Å²) in [4.78, 5) is 13.1. The van der Waals surface area contributed by atoms with E-state index in [2.05, 4.69) is 43.2 Å². The summed E-state index contributed by atoms with van der Waals surface area (Å²) in [7, 11) is 0. The number of benzene rings is 1. The number of hydrogen-bond acceptors (Lipinski definition) is 3. The number of aromatic nitrogens is 1. The van der Waals surface area contributed by atoms with Gasteiger partial charge in [-0.05, 0) is 56.8 Å². The number of nitrogens with zero attached hydrogens (tertiary/aromatic N) is 5. The molecule has 2 aliphatic rings. The summed E-state index contributed by atoms with van der Waals surface area (Å²) < 4.78 is 31.4. The molecule has 0 radical (unpaired) electrons. The Hall–Kier alpha value is -3.52. The van der Waals surface area contributed by atoms with Gasteiger partial charge in [0.05, 0.1) is 5.35 Å². The number of anilines is 2. The molecule has 2 heterocycles. The summed E-state index contributed by atoms with van der Waals surface area (Å²) in [6.45, 7) is 15.4. The van der Waals surface area contributed by atoms with Gasteiger partial charge >= 0.3 is 0 Å². The van der Waals surface area contributed by atoms with Crippen molar-refractivity contribution >= 4 is 35.5 Å². The molecular formula is C28H34F2N6. The van der Waals surface area contributed by atoms with Crippen molar-refractivity contribution < 1.29 is 8.78 Å². The first-order valence-corrected chi connectivity index (χ1v) is 12.4. The second-order valence-corrected chi connectivity index (χ2v) is 8.91. The Morgan fingerprint density at radius 1 is 1.14 bits per heavy atom. The molecule has 1 aliphatic heterocycles. The molecule has 1 fully saturated rings. The molecule has 8 heteroatoms. The van der Waals surface area contributed by atoms with Gasteiger partial charge in [-0.3, -0.25) is 4.99 Å². The van der Waals surface area contributed by atoms with Crippen molar-refractivity contribution in [3.05, 3.63) is 71.2 Å². The summed E-state index contributed by atoms with van der Waals surface area (Å²) in [5, 5.41) is 4.29. The van der Waals surface area contributed by atoms with E-state index in [1.54, 1.807) is 12.2 Å². The van der Waals surface area contributed by atoms with Crippen LogP contribution in [-0.4, -0.2) is 60.4 Å². The SMILES string of the molecule is C=C(F)/C(=N\C=N/[C@H]1C=CC=c2c(cc(C)n2CC)=C1F)Nc1ccc(N2CCN(CC)CC2)cc1. The number of aryl methyl sites for hydroxylation is 1. The van der Waals surface area contributed by atoms with Crippen molar-refractivity contribution in [3.63, 3.8) is 0 Å². The number of fused-ring (bicyclic) bond motifs is 1. The smallest absolute Gasteiger partial charge is 0.167 e. The van der Waals surface area contributed by atoms with Crippen molar-refractivity contribution in [3.8, 4) is 0 Å². The third kappa shape index (κ3) is 5.65. The van der Waals surface area contributed by atoms with E-state index >= 15 is 4.39 Å². The van der Waals surface area contributed by atoms with Gasteiger partial charge in [-0.25, -0.2) is 13.8 Å². The zero-order valence-electron chi connectivity index (χ0n) is 21.2. The number of nitrogens with one attached hydrogen (secondary N) is 1. The number of likely N-dealkylation sites (N-methyl/N-ethyl adjacent to an activating group) is 1. The van der Waals surface area contributed by atoms with E-state index in [9.17, 15) is 4.39 Å². The lowest BCUT2D eigenvalue weighted by molar-refractivity contribution is 0.271. The van der Waals surface area contributed by atoms with Crippen molar-refractivity contribution in [2.45, 2.75) is 33.4 Å². The van der Waals surface area contributed by atoms with Crippen LogP contribution in [0.3, 0.4) is 0 Å². The van der Waals surface area contributed by atoms with E-state index in [4.69, 9.17) is 0 Å². The Morgan fingerprint density at radius 3 is 2.50 bits per heavy atom. The maximum atomic E-state index is 15.2. The van der Waals surface area contributed by atoms with E-state index in [1.807, 2.05) is 50.3 Å². The third-order valence-corrected chi connectivity index (χ3v) is 6.71. The third-order valence-electron chi connectivity index (χ3n) is 6.71. The molecule has 2 aromatic rings. The van der Waals surface area contributed by atoms with E-state index in [-0.39, 0.29) is 11.7 Å². The fourth-order valence-corrected chi connectivity index (χ4v) is 4.65. The Balaban J connectivity index is 1.47. The second kappa shape index (κ2) is 11.5. The normalized spacial score (nSPS) is 18.8. The van der Waals surface area contributed by atoms with Crippen LogP contribution in [0.1, 0.15) is 19.5 Å². The van der Waals surface area contributed by atoms with Gasteiger partial charge in [-0.2, -0.15) is 0 Å². The molecule has 0 saturated carbocycles. The highest BCUT2D eigenvalue weighted by Gasteiger charge is 2.17. The monoisotopic (exact) mass is 492 g/mol. The number of rotatable bonds is 7. The molecule has 1 saturated heterocycles. The molecule has 0 unspecified atom stereocenters. The molecule has 1 N–H and O–H groups in total. The molecule has 190 valence electrons. The van der Waals surface area contributed by atoms with Gasteiger partial charge in [0.2, 0.25) is 0 Å². The average Bonchev–Trinajstić information content (AvgIpc) is 3.13. The van der Waals surface area contributed by atoms with Gasteiger partial charge in [-0.15, -0.1) is 0 Å². The number of allylic oxidation sites excluding steroid dienone is 1. The predicted molar refractivity (Wildman–Crippen MR) is 147 cm³/mol. The van der Waals surface area contributed by atoms with Gasteiger partial charge < -0.3 is 19.7 Å². The van der Waals surface area contributed by atoms with E-state index in [0.29, 0.717) is 10.9 Å². The first kappa shape index (κ1) is 25.6. The van der Waals surface area contributed by atoms with Crippen molar-refractivity contribution in [1.29, 1.82) is 0 Å². The van der Waals surface area contributed by atoms with E-state index < -0.39 is 11.9 Å². The Morgan fingerprint density at radius 2 is 1.86 bits per heavy atom. The molecular weight excluding hydrogens is 458 g/mol.